The molecule has 0 saturated carbocycles. The van der Waals surface area contributed by atoms with E-state index in [1.54, 1.807) is 12.1 Å². The van der Waals surface area contributed by atoms with Gasteiger partial charge < -0.3 is 15.4 Å². The van der Waals surface area contributed by atoms with E-state index in [4.69, 9.17) is 5.73 Å². The SMILES string of the molecule is Cc1cc(O)c2c3c(C(N)=O)cccc3n(Cc3ccccc3-c3ccccc3)c2c1. The number of nitrogens with zero attached hydrogens (tertiary/aromatic N) is 1. The maximum Gasteiger partial charge on any atom is 0.249 e. The van der Waals surface area contributed by atoms with E-state index in [1.807, 2.05) is 55.5 Å². The van der Waals surface area contributed by atoms with Gasteiger partial charge in [0, 0.05) is 17.5 Å². The van der Waals surface area contributed by atoms with Crippen LogP contribution in [0.5, 0.6) is 5.75 Å². The highest BCUT2D eigenvalue weighted by molar-refractivity contribution is 6.19. The number of amides is 1. The fourth-order valence-corrected chi connectivity index (χ4v) is 4.48. The highest BCUT2D eigenvalue weighted by Gasteiger charge is 2.20. The number of benzene rings is 4. The first kappa shape index (κ1) is 18.9. The molecule has 0 saturated heterocycles. The first-order valence-electron chi connectivity index (χ1n) is 10.2. The van der Waals surface area contributed by atoms with Crippen LogP contribution < -0.4 is 5.73 Å². The molecule has 3 N–H and O–H groups in total. The highest BCUT2D eigenvalue weighted by Crippen LogP contribution is 2.39. The number of carbonyl (C=O) groups excluding carboxylic acids is 1. The lowest BCUT2D eigenvalue weighted by Crippen LogP contribution is -2.11. The molecule has 0 bridgehead atoms. The number of phenols is 1. The molecular formula is C27H22N2O2. The molecule has 0 atom stereocenters. The molecule has 1 heterocycles. The molecule has 1 amide bonds. The molecule has 0 aliphatic carbocycles. The summed E-state index contributed by atoms with van der Waals surface area (Å²) in [7, 11) is 0. The molecule has 1 aromatic heterocycles. The molecule has 0 aliphatic rings. The lowest BCUT2D eigenvalue weighted by atomic mass is 9.99. The Labute approximate surface area is 180 Å². The standard InChI is InChI=1S/C27H22N2O2/c1-17-14-23-26(24(30)15-17)25-21(27(28)31)12-7-13-22(25)29(23)16-19-10-5-6-11-20(19)18-8-3-2-4-9-18/h2-15,30H,16H2,1H3,(H2,28,31). The van der Waals surface area contributed by atoms with Crippen LogP contribution in [0.4, 0.5) is 0 Å². The lowest BCUT2D eigenvalue weighted by molar-refractivity contribution is 0.100. The van der Waals surface area contributed by atoms with Crippen LogP contribution in [0.1, 0.15) is 21.5 Å². The number of rotatable bonds is 4. The number of hydrogen-bond donors (Lipinski definition) is 2. The molecule has 31 heavy (non-hydrogen) atoms. The predicted octanol–water partition coefficient (Wildman–Crippen LogP) is 5.62. The maximum atomic E-state index is 12.2. The van der Waals surface area contributed by atoms with Crippen molar-refractivity contribution in [1.82, 2.24) is 4.57 Å². The van der Waals surface area contributed by atoms with Crippen LogP contribution in [-0.4, -0.2) is 15.6 Å². The van der Waals surface area contributed by atoms with Gasteiger partial charge in [0.05, 0.1) is 16.4 Å². The monoisotopic (exact) mass is 406 g/mol. The van der Waals surface area contributed by atoms with Crippen molar-refractivity contribution in [3.63, 3.8) is 0 Å². The molecule has 4 nitrogen and oxygen atoms in total. The number of carbonyl (C=O) groups is 1. The summed E-state index contributed by atoms with van der Waals surface area (Å²) in [6.07, 6.45) is 0. The van der Waals surface area contributed by atoms with Gasteiger partial charge in [-0.15, -0.1) is 0 Å². The van der Waals surface area contributed by atoms with Crippen LogP contribution in [-0.2, 0) is 6.54 Å². The van der Waals surface area contributed by atoms with Crippen molar-refractivity contribution in [3.05, 3.63) is 102 Å². The summed E-state index contributed by atoms with van der Waals surface area (Å²) in [4.78, 5) is 12.2. The number of fused-ring (bicyclic) bond motifs is 3. The summed E-state index contributed by atoms with van der Waals surface area (Å²) in [5.74, 6) is -0.349. The highest BCUT2D eigenvalue weighted by atomic mass is 16.3. The number of hydrogen-bond acceptors (Lipinski definition) is 2. The van der Waals surface area contributed by atoms with E-state index in [9.17, 15) is 9.90 Å². The van der Waals surface area contributed by atoms with Crippen LogP contribution >= 0.6 is 0 Å². The predicted molar refractivity (Wildman–Crippen MR) is 125 cm³/mol. The van der Waals surface area contributed by atoms with Gasteiger partial charge in [0.15, 0.2) is 0 Å². The first-order valence-corrected chi connectivity index (χ1v) is 10.2. The van der Waals surface area contributed by atoms with E-state index in [0.29, 0.717) is 22.9 Å². The Hall–Kier alpha value is -4.05. The number of aromatic hydroxyl groups is 1. The van der Waals surface area contributed by atoms with E-state index in [-0.39, 0.29) is 5.75 Å². The van der Waals surface area contributed by atoms with Crippen LogP contribution in [0.3, 0.4) is 0 Å². The number of aryl methyl sites for hydroxylation is 1. The van der Waals surface area contributed by atoms with Crippen molar-refractivity contribution in [1.29, 1.82) is 0 Å². The van der Waals surface area contributed by atoms with Crippen molar-refractivity contribution in [2.45, 2.75) is 13.5 Å². The Morgan fingerprint density at radius 1 is 0.871 bits per heavy atom. The Morgan fingerprint density at radius 3 is 2.39 bits per heavy atom. The zero-order chi connectivity index (χ0) is 21.5. The van der Waals surface area contributed by atoms with Gasteiger partial charge in [-0.2, -0.15) is 0 Å². The van der Waals surface area contributed by atoms with Gasteiger partial charge in [0.2, 0.25) is 5.91 Å². The minimum Gasteiger partial charge on any atom is -0.507 e. The maximum absolute atomic E-state index is 12.2. The smallest absolute Gasteiger partial charge is 0.249 e. The van der Waals surface area contributed by atoms with Crippen LogP contribution in [0, 0.1) is 6.92 Å². The minimum atomic E-state index is -0.505. The van der Waals surface area contributed by atoms with Crippen molar-refractivity contribution in [2.75, 3.05) is 0 Å². The first-order chi connectivity index (χ1) is 15.0. The Bertz CT molecular complexity index is 1450. The summed E-state index contributed by atoms with van der Waals surface area (Å²) in [5, 5.41) is 12.2. The lowest BCUT2D eigenvalue weighted by Gasteiger charge is -2.13. The van der Waals surface area contributed by atoms with E-state index >= 15 is 0 Å². The second-order valence-electron chi connectivity index (χ2n) is 7.85. The minimum absolute atomic E-state index is 0.156. The van der Waals surface area contributed by atoms with Gasteiger partial charge in [-0.3, -0.25) is 4.79 Å². The molecule has 5 rings (SSSR count). The Kier molecular flexibility index (Phi) is 4.48. The molecule has 4 aromatic carbocycles. The van der Waals surface area contributed by atoms with Gasteiger partial charge >= 0.3 is 0 Å². The molecule has 0 radical (unpaired) electrons. The van der Waals surface area contributed by atoms with Crippen LogP contribution in [0.15, 0.2) is 84.9 Å². The van der Waals surface area contributed by atoms with E-state index in [0.717, 1.165) is 33.3 Å². The molecule has 0 fully saturated rings. The summed E-state index contributed by atoms with van der Waals surface area (Å²) >= 11 is 0. The van der Waals surface area contributed by atoms with Gasteiger partial charge in [-0.05, 0) is 53.4 Å². The Morgan fingerprint density at radius 2 is 1.61 bits per heavy atom. The fourth-order valence-electron chi connectivity index (χ4n) is 4.48. The van der Waals surface area contributed by atoms with E-state index in [1.165, 1.54) is 0 Å². The third kappa shape index (κ3) is 3.13. The summed E-state index contributed by atoms with van der Waals surface area (Å²) in [6.45, 7) is 2.55. The van der Waals surface area contributed by atoms with Crippen molar-refractivity contribution in [3.8, 4) is 16.9 Å². The molecular weight excluding hydrogens is 384 g/mol. The van der Waals surface area contributed by atoms with Gasteiger partial charge in [0.1, 0.15) is 5.75 Å². The third-order valence-corrected chi connectivity index (χ3v) is 5.81. The van der Waals surface area contributed by atoms with Crippen molar-refractivity contribution in [2.24, 2.45) is 5.73 Å². The molecule has 5 aromatic rings. The van der Waals surface area contributed by atoms with Crippen molar-refractivity contribution >= 4 is 27.7 Å². The average molecular weight is 406 g/mol. The average Bonchev–Trinajstić information content (AvgIpc) is 3.08. The molecule has 152 valence electrons. The quantitative estimate of drug-likeness (QED) is 0.407. The molecule has 0 unspecified atom stereocenters. The van der Waals surface area contributed by atoms with Gasteiger partial charge in [-0.25, -0.2) is 0 Å². The number of phenolic OH excluding ortho intramolecular Hbond substituents is 1. The normalized spacial score (nSPS) is 11.3. The zero-order valence-corrected chi connectivity index (χ0v) is 17.2. The molecule has 4 heteroatoms. The number of aromatic nitrogens is 1. The summed E-state index contributed by atoms with van der Waals surface area (Å²) < 4.78 is 2.16. The molecule has 0 aliphatic heterocycles. The second-order valence-corrected chi connectivity index (χ2v) is 7.85. The number of nitrogens with two attached hydrogens (primary N) is 1. The largest absolute Gasteiger partial charge is 0.507 e. The van der Waals surface area contributed by atoms with Crippen molar-refractivity contribution < 1.29 is 9.90 Å². The van der Waals surface area contributed by atoms with E-state index < -0.39 is 5.91 Å². The van der Waals surface area contributed by atoms with E-state index in [2.05, 4.69) is 28.8 Å². The van der Waals surface area contributed by atoms with Gasteiger partial charge in [0.25, 0.3) is 0 Å². The van der Waals surface area contributed by atoms with Crippen LogP contribution in [0.25, 0.3) is 32.9 Å². The summed E-state index contributed by atoms with van der Waals surface area (Å²) in [5.41, 5.74) is 12.2. The van der Waals surface area contributed by atoms with Gasteiger partial charge in [-0.1, -0.05) is 60.7 Å². The van der Waals surface area contributed by atoms with Crippen LogP contribution in [0.2, 0.25) is 0 Å². The topological polar surface area (TPSA) is 68.2 Å². The fraction of sp³-hybridized carbons (Fsp3) is 0.0741. The molecule has 0 spiro atoms. The summed E-state index contributed by atoms with van der Waals surface area (Å²) in [6, 6.07) is 27.9. The zero-order valence-electron chi connectivity index (χ0n) is 17.2. The second kappa shape index (κ2) is 7.33. The Balaban J connectivity index is 1.81. The number of primary amides is 1. The third-order valence-electron chi connectivity index (χ3n) is 5.81.